The first-order valence-corrected chi connectivity index (χ1v) is 11.7. The second-order valence-electron chi connectivity index (χ2n) is 7.26. The predicted molar refractivity (Wildman–Crippen MR) is 128 cm³/mol. The number of ether oxygens (including phenoxy) is 1. The van der Waals surface area contributed by atoms with Crippen LogP contribution in [0.25, 0.3) is 10.2 Å². The molecule has 2 aromatic carbocycles. The molecule has 4 aromatic rings. The van der Waals surface area contributed by atoms with Gasteiger partial charge in [0.05, 0.1) is 34.7 Å². The number of aromatic nitrogens is 1. The maximum atomic E-state index is 13.3. The van der Waals surface area contributed by atoms with Gasteiger partial charge in [0.2, 0.25) is 5.78 Å². The molecule has 1 atom stereocenters. The molecule has 1 aliphatic rings. The van der Waals surface area contributed by atoms with E-state index < -0.39 is 23.5 Å². The normalized spacial score (nSPS) is 16.1. The van der Waals surface area contributed by atoms with Gasteiger partial charge in [-0.3, -0.25) is 14.5 Å². The fourth-order valence-corrected chi connectivity index (χ4v) is 5.26. The Morgan fingerprint density at radius 2 is 2.09 bits per heavy atom. The predicted octanol–water partition coefficient (Wildman–Crippen LogP) is 5.83. The molecule has 0 saturated carbocycles. The highest BCUT2D eigenvalue weighted by Gasteiger charge is 2.46. The third kappa shape index (κ3) is 3.73. The highest BCUT2D eigenvalue weighted by Crippen LogP contribution is 2.44. The lowest BCUT2D eigenvalue weighted by molar-refractivity contribution is -0.117. The Morgan fingerprint density at radius 1 is 1.24 bits per heavy atom. The molecule has 1 aliphatic heterocycles. The molecule has 0 bridgehead atoms. The van der Waals surface area contributed by atoms with E-state index in [-0.39, 0.29) is 11.3 Å². The second kappa shape index (κ2) is 8.49. The van der Waals surface area contributed by atoms with Gasteiger partial charge in [0.25, 0.3) is 5.91 Å². The van der Waals surface area contributed by atoms with Gasteiger partial charge < -0.3 is 14.3 Å². The number of carbonyl (C=O) groups excluding carboxylic acids is 2. The average molecular weight is 525 g/mol. The smallest absolute Gasteiger partial charge is 0.296 e. The molecule has 5 rings (SSSR count). The van der Waals surface area contributed by atoms with Crippen molar-refractivity contribution in [2.24, 2.45) is 0 Å². The summed E-state index contributed by atoms with van der Waals surface area (Å²) in [5.74, 6) is -1.13. The van der Waals surface area contributed by atoms with Crippen molar-refractivity contribution >= 4 is 54.3 Å². The first kappa shape index (κ1) is 21.4. The fraction of sp³-hybridized carbons (Fsp3) is 0.125. The summed E-state index contributed by atoms with van der Waals surface area (Å²) >= 11 is 4.73. The zero-order chi connectivity index (χ0) is 23.1. The Balaban J connectivity index is 1.65. The van der Waals surface area contributed by atoms with Crippen molar-refractivity contribution < 1.29 is 23.8 Å². The minimum absolute atomic E-state index is 0.0388. The van der Waals surface area contributed by atoms with E-state index in [1.54, 1.807) is 24.3 Å². The number of hydrogen-bond donors (Lipinski definition) is 1. The third-order valence-electron chi connectivity index (χ3n) is 5.23. The number of amides is 1. The van der Waals surface area contributed by atoms with Crippen molar-refractivity contribution in [3.8, 4) is 5.75 Å². The van der Waals surface area contributed by atoms with Crippen LogP contribution in [0.1, 0.15) is 29.1 Å². The number of carbonyl (C=O) groups is 2. The number of nitrogens with zero attached hydrogens (tertiary/aromatic N) is 2. The minimum atomic E-state index is -0.875. The van der Waals surface area contributed by atoms with E-state index in [2.05, 4.69) is 20.9 Å². The molecule has 33 heavy (non-hydrogen) atoms. The number of thiazole rings is 1. The molecular weight excluding hydrogens is 508 g/mol. The van der Waals surface area contributed by atoms with Gasteiger partial charge in [0.1, 0.15) is 5.75 Å². The molecule has 2 aromatic heterocycles. The Labute approximate surface area is 201 Å². The number of furan rings is 1. The van der Waals surface area contributed by atoms with Gasteiger partial charge in [-0.15, -0.1) is 0 Å². The molecule has 1 N–H and O–H groups in total. The zero-order valence-corrected chi connectivity index (χ0v) is 19.7. The van der Waals surface area contributed by atoms with E-state index >= 15 is 0 Å². The first-order valence-electron chi connectivity index (χ1n) is 10.1. The van der Waals surface area contributed by atoms with Crippen molar-refractivity contribution in [2.45, 2.75) is 13.0 Å². The summed E-state index contributed by atoms with van der Waals surface area (Å²) in [5.41, 5.74) is 1.28. The molecule has 0 fully saturated rings. The van der Waals surface area contributed by atoms with Crippen LogP contribution in [-0.2, 0) is 4.79 Å². The number of aliphatic hydroxyl groups is 1. The number of aliphatic hydroxyl groups excluding tert-OH is 1. The van der Waals surface area contributed by atoms with Gasteiger partial charge in [-0.25, -0.2) is 4.98 Å². The number of rotatable bonds is 6. The Hall–Kier alpha value is -3.43. The SMILES string of the molecule is CCOc1ccc2nc(N3C(=O)C(O)=C(C(=O)c4ccco4)C3c3cccc(Br)c3)sc2c1. The summed E-state index contributed by atoms with van der Waals surface area (Å²) < 4.78 is 12.4. The summed E-state index contributed by atoms with van der Waals surface area (Å²) in [6.07, 6.45) is 1.37. The van der Waals surface area contributed by atoms with Crippen molar-refractivity contribution in [1.82, 2.24) is 4.98 Å². The lowest BCUT2D eigenvalue weighted by atomic mass is 9.95. The topological polar surface area (TPSA) is 92.9 Å². The Morgan fingerprint density at radius 3 is 2.82 bits per heavy atom. The lowest BCUT2D eigenvalue weighted by Crippen LogP contribution is -2.30. The van der Waals surface area contributed by atoms with E-state index in [1.165, 1.54) is 28.6 Å². The van der Waals surface area contributed by atoms with Crippen LogP contribution in [0.5, 0.6) is 5.75 Å². The highest BCUT2D eigenvalue weighted by atomic mass is 79.9. The average Bonchev–Trinajstić information content (AvgIpc) is 3.52. The number of benzene rings is 2. The lowest BCUT2D eigenvalue weighted by Gasteiger charge is -2.24. The van der Waals surface area contributed by atoms with Gasteiger partial charge in [-0.05, 0) is 55.0 Å². The molecule has 166 valence electrons. The highest BCUT2D eigenvalue weighted by molar-refractivity contribution is 9.10. The monoisotopic (exact) mass is 524 g/mol. The van der Waals surface area contributed by atoms with Crippen LogP contribution in [0.2, 0.25) is 0 Å². The molecule has 0 saturated heterocycles. The molecule has 1 unspecified atom stereocenters. The maximum absolute atomic E-state index is 13.3. The van der Waals surface area contributed by atoms with Crippen molar-refractivity contribution in [2.75, 3.05) is 11.5 Å². The summed E-state index contributed by atoms with van der Waals surface area (Å²) in [7, 11) is 0. The third-order valence-corrected chi connectivity index (χ3v) is 6.74. The van der Waals surface area contributed by atoms with Crippen LogP contribution in [0.4, 0.5) is 5.13 Å². The van der Waals surface area contributed by atoms with E-state index in [9.17, 15) is 14.7 Å². The molecule has 3 heterocycles. The summed E-state index contributed by atoms with van der Waals surface area (Å²) in [6.45, 7) is 2.43. The van der Waals surface area contributed by atoms with Gasteiger partial charge in [-0.2, -0.15) is 0 Å². The number of halogens is 1. The standard InChI is InChI=1S/C24H17BrN2O5S/c1-2-31-15-8-9-16-18(12-15)33-24(26-16)27-20(13-5-3-6-14(25)11-13)19(22(29)23(27)30)21(28)17-7-4-10-32-17/h3-12,20,29H,2H2,1H3. The van der Waals surface area contributed by atoms with Gasteiger partial charge in [0.15, 0.2) is 16.7 Å². The van der Waals surface area contributed by atoms with E-state index in [1.807, 2.05) is 31.2 Å². The zero-order valence-electron chi connectivity index (χ0n) is 17.3. The second-order valence-corrected chi connectivity index (χ2v) is 9.19. The summed E-state index contributed by atoms with van der Waals surface area (Å²) in [5, 5.41) is 11.2. The molecular formula is C24H17BrN2O5S. The number of fused-ring (bicyclic) bond motifs is 1. The van der Waals surface area contributed by atoms with Crippen LogP contribution in [0.3, 0.4) is 0 Å². The number of anilines is 1. The largest absolute Gasteiger partial charge is 0.503 e. The summed E-state index contributed by atoms with van der Waals surface area (Å²) in [4.78, 5) is 32.5. The quantitative estimate of drug-likeness (QED) is 0.319. The van der Waals surface area contributed by atoms with Crippen molar-refractivity contribution in [1.29, 1.82) is 0 Å². The van der Waals surface area contributed by atoms with Crippen molar-refractivity contribution in [3.05, 3.63) is 88.0 Å². The van der Waals surface area contributed by atoms with E-state index in [0.717, 1.165) is 9.17 Å². The van der Waals surface area contributed by atoms with Crippen LogP contribution in [-0.4, -0.2) is 28.4 Å². The van der Waals surface area contributed by atoms with Crippen LogP contribution < -0.4 is 9.64 Å². The van der Waals surface area contributed by atoms with Gasteiger partial charge >= 0.3 is 0 Å². The van der Waals surface area contributed by atoms with E-state index in [0.29, 0.717) is 28.6 Å². The molecule has 0 aliphatic carbocycles. The maximum Gasteiger partial charge on any atom is 0.296 e. The Kier molecular flexibility index (Phi) is 5.51. The Bertz CT molecular complexity index is 1410. The molecule has 1 amide bonds. The van der Waals surface area contributed by atoms with Crippen molar-refractivity contribution in [3.63, 3.8) is 0 Å². The van der Waals surface area contributed by atoms with Gasteiger partial charge in [-0.1, -0.05) is 39.4 Å². The first-order chi connectivity index (χ1) is 16.0. The molecule has 0 radical (unpaired) electrons. The number of ketones is 1. The van der Waals surface area contributed by atoms with E-state index in [4.69, 9.17) is 9.15 Å². The number of Topliss-reactive ketones (excluding diaryl/α,β-unsaturated/α-hetero) is 1. The molecule has 7 nitrogen and oxygen atoms in total. The van der Waals surface area contributed by atoms with Crippen LogP contribution in [0.15, 0.2) is 81.1 Å². The van der Waals surface area contributed by atoms with Crippen LogP contribution >= 0.6 is 27.3 Å². The minimum Gasteiger partial charge on any atom is -0.503 e. The van der Waals surface area contributed by atoms with Crippen LogP contribution in [0, 0.1) is 0 Å². The molecule has 9 heteroatoms. The fourth-order valence-electron chi connectivity index (χ4n) is 3.82. The van der Waals surface area contributed by atoms with Gasteiger partial charge in [0, 0.05) is 4.47 Å². The molecule has 0 spiro atoms. The number of hydrogen-bond acceptors (Lipinski definition) is 7. The summed E-state index contributed by atoms with van der Waals surface area (Å²) in [6, 6.07) is 14.9.